The van der Waals surface area contributed by atoms with Crippen molar-refractivity contribution in [2.75, 3.05) is 29.5 Å². The molecule has 0 aliphatic rings. The number of ether oxygens (including phenoxy) is 1. The molecule has 0 spiro atoms. The van der Waals surface area contributed by atoms with Gasteiger partial charge in [0.15, 0.2) is 0 Å². The number of benzene rings is 2. The Morgan fingerprint density at radius 2 is 1.88 bits per heavy atom. The quantitative estimate of drug-likeness (QED) is 0.806. The summed E-state index contributed by atoms with van der Waals surface area (Å²) in [5.41, 5.74) is 3.27. The summed E-state index contributed by atoms with van der Waals surface area (Å²) < 4.78 is 30.6. The predicted molar refractivity (Wildman–Crippen MR) is 104 cm³/mol. The fourth-order valence-corrected chi connectivity index (χ4v) is 3.54. The van der Waals surface area contributed by atoms with E-state index in [1.54, 1.807) is 24.3 Å². The highest BCUT2D eigenvalue weighted by Crippen LogP contribution is 2.23. The topological polar surface area (TPSA) is 75.7 Å². The highest BCUT2D eigenvalue weighted by atomic mass is 32.2. The second-order valence-electron chi connectivity index (χ2n) is 6.15. The molecule has 7 heteroatoms. The Kier molecular flexibility index (Phi) is 6.26. The molecule has 0 atom stereocenters. The molecular weight excluding hydrogens is 352 g/mol. The summed E-state index contributed by atoms with van der Waals surface area (Å²) >= 11 is 0. The van der Waals surface area contributed by atoms with Crippen LogP contribution >= 0.6 is 0 Å². The second-order valence-corrected chi connectivity index (χ2v) is 8.06. The average Bonchev–Trinajstić information content (AvgIpc) is 2.56. The Morgan fingerprint density at radius 3 is 2.50 bits per heavy atom. The van der Waals surface area contributed by atoms with Gasteiger partial charge in [0.05, 0.1) is 19.1 Å². The number of amides is 1. The predicted octanol–water partition coefficient (Wildman–Crippen LogP) is 3.11. The summed E-state index contributed by atoms with van der Waals surface area (Å²) in [6.07, 6.45) is 1.16. The van der Waals surface area contributed by atoms with Gasteiger partial charge in [-0.3, -0.25) is 9.10 Å². The van der Waals surface area contributed by atoms with E-state index in [0.717, 1.165) is 23.1 Å². The third-order valence-electron chi connectivity index (χ3n) is 3.94. The molecule has 0 saturated heterocycles. The van der Waals surface area contributed by atoms with E-state index >= 15 is 0 Å². The number of anilines is 2. The maximum Gasteiger partial charge on any atom is 0.232 e. The molecule has 2 rings (SSSR count). The van der Waals surface area contributed by atoms with Crippen molar-refractivity contribution in [3.8, 4) is 5.75 Å². The molecular formula is C19H24N2O4S. The first-order valence-corrected chi connectivity index (χ1v) is 10.0. The molecule has 2 aromatic carbocycles. The van der Waals surface area contributed by atoms with Crippen LogP contribution in [-0.4, -0.2) is 34.2 Å². The van der Waals surface area contributed by atoms with Gasteiger partial charge in [-0.25, -0.2) is 8.42 Å². The largest absolute Gasteiger partial charge is 0.497 e. The van der Waals surface area contributed by atoms with Crippen LogP contribution in [0.3, 0.4) is 0 Å². The summed E-state index contributed by atoms with van der Waals surface area (Å²) in [6.45, 7) is 3.95. The minimum absolute atomic E-state index is 0.0393. The summed E-state index contributed by atoms with van der Waals surface area (Å²) in [4.78, 5) is 12.3. The van der Waals surface area contributed by atoms with Gasteiger partial charge in [-0.05, 0) is 37.6 Å². The van der Waals surface area contributed by atoms with Crippen LogP contribution in [0, 0.1) is 13.8 Å². The highest BCUT2D eigenvalue weighted by molar-refractivity contribution is 7.92. The van der Waals surface area contributed by atoms with E-state index < -0.39 is 10.0 Å². The number of nitrogens with one attached hydrogen (secondary N) is 1. The molecule has 0 heterocycles. The molecule has 0 fully saturated rings. The van der Waals surface area contributed by atoms with E-state index in [9.17, 15) is 13.2 Å². The molecule has 1 N–H and O–H groups in total. The number of sulfonamides is 1. The van der Waals surface area contributed by atoms with E-state index in [0.29, 0.717) is 11.4 Å². The van der Waals surface area contributed by atoms with Gasteiger partial charge in [0.2, 0.25) is 15.9 Å². The van der Waals surface area contributed by atoms with E-state index in [2.05, 4.69) is 5.32 Å². The first kappa shape index (κ1) is 19.8. The Labute approximate surface area is 154 Å². The van der Waals surface area contributed by atoms with Gasteiger partial charge in [-0.1, -0.05) is 23.8 Å². The molecule has 0 radical (unpaired) electrons. The van der Waals surface area contributed by atoms with Gasteiger partial charge in [-0.15, -0.1) is 0 Å². The number of carbonyl (C=O) groups excluding carboxylic acids is 1. The number of methoxy groups -OCH3 is 1. The molecule has 0 aliphatic heterocycles. The van der Waals surface area contributed by atoms with Crippen LogP contribution in [0.4, 0.5) is 11.4 Å². The molecule has 2 aromatic rings. The van der Waals surface area contributed by atoms with E-state index in [1.807, 2.05) is 32.0 Å². The van der Waals surface area contributed by atoms with Gasteiger partial charge < -0.3 is 10.1 Å². The van der Waals surface area contributed by atoms with Crippen molar-refractivity contribution in [1.82, 2.24) is 0 Å². The average molecular weight is 376 g/mol. The first-order chi connectivity index (χ1) is 12.2. The van der Waals surface area contributed by atoms with Crippen molar-refractivity contribution in [3.05, 3.63) is 53.6 Å². The fraction of sp³-hybridized carbons (Fsp3) is 0.316. The lowest BCUT2D eigenvalue weighted by Gasteiger charge is -2.22. The zero-order chi connectivity index (χ0) is 19.3. The maximum atomic E-state index is 12.3. The first-order valence-electron chi connectivity index (χ1n) is 8.19. The van der Waals surface area contributed by atoms with E-state index in [-0.39, 0.29) is 18.9 Å². The minimum Gasteiger partial charge on any atom is -0.497 e. The van der Waals surface area contributed by atoms with Crippen molar-refractivity contribution in [3.63, 3.8) is 0 Å². The standard InChI is InChI=1S/C19H24N2O4S/c1-14-8-9-18(15(2)12-14)20-19(22)10-11-21(26(4,23)24)16-6-5-7-17(13-16)25-3/h5-9,12-13H,10-11H2,1-4H3,(H,20,22). The van der Waals surface area contributed by atoms with Gasteiger partial charge >= 0.3 is 0 Å². The van der Waals surface area contributed by atoms with Crippen molar-refractivity contribution >= 4 is 27.3 Å². The Bertz CT molecular complexity index is 894. The number of rotatable bonds is 7. The monoisotopic (exact) mass is 376 g/mol. The second kappa shape index (κ2) is 8.23. The molecule has 0 aromatic heterocycles. The van der Waals surface area contributed by atoms with Crippen LogP contribution in [0.15, 0.2) is 42.5 Å². The van der Waals surface area contributed by atoms with Crippen molar-refractivity contribution in [1.29, 1.82) is 0 Å². The van der Waals surface area contributed by atoms with Crippen molar-refractivity contribution < 1.29 is 17.9 Å². The lowest BCUT2D eigenvalue weighted by Crippen LogP contribution is -2.33. The summed E-state index contributed by atoms with van der Waals surface area (Å²) in [5.74, 6) is 0.310. The van der Waals surface area contributed by atoms with Crippen LogP contribution in [0.1, 0.15) is 17.5 Å². The molecule has 140 valence electrons. The maximum absolute atomic E-state index is 12.3. The number of hydrogen-bond acceptors (Lipinski definition) is 4. The smallest absolute Gasteiger partial charge is 0.232 e. The highest BCUT2D eigenvalue weighted by Gasteiger charge is 2.19. The van der Waals surface area contributed by atoms with Crippen molar-refractivity contribution in [2.45, 2.75) is 20.3 Å². The normalized spacial score (nSPS) is 11.1. The van der Waals surface area contributed by atoms with Gasteiger partial charge in [0.25, 0.3) is 0 Å². The molecule has 26 heavy (non-hydrogen) atoms. The van der Waals surface area contributed by atoms with Crippen LogP contribution in [-0.2, 0) is 14.8 Å². The van der Waals surface area contributed by atoms with Crippen LogP contribution in [0.25, 0.3) is 0 Å². The summed E-state index contributed by atoms with van der Waals surface area (Å²) in [7, 11) is -2.01. The Morgan fingerprint density at radius 1 is 1.15 bits per heavy atom. The zero-order valence-electron chi connectivity index (χ0n) is 15.4. The molecule has 6 nitrogen and oxygen atoms in total. The van der Waals surface area contributed by atoms with Gasteiger partial charge in [-0.2, -0.15) is 0 Å². The van der Waals surface area contributed by atoms with Crippen molar-refractivity contribution in [2.24, 2.45) is 0 Å². The fourth-order valence-electron chi connectivity index (χ4n) is 2.62. The third kappa shape index (κ3) is 5.23. The van der Waals surface area contributed by atoms with Gasteiger partial charge in [0.1, 0.15) is 5.75 Å². The summed E-state index contributed by atoms with van der Waals surface area (Å²) in [6, 6.07) is 12.5. The third-order valence-corrected chi connectivity index (χ3v) is 5.13. The van der Waals surface area contributed by atoms with Gasteiger partial charge in [0, 0.05) is 24.7 Å². The minimum atomic E-state index is -3.53. The lowest BCUT2D eigenvalue weighted by atomic mass is 10.1. The number of carbonyl (C=O) groups is 1. The molecule has 1 amide bonds. The summed E-state index contributed by atoms with van der Waals surface area (Å²) in [5, 5.41) is 2.83. The van der Waals surface area contributed by atoms with Crippen LogP contribution in [0.2, 0.25) is 0 Å². The Hall–Kier alpha value is -2.54. The lowest BCUT2D eigenvalue weighted by molar-refractivity contribution is -0.116. The zero-order valence-corrected chi connectivity index (χ0v) is 16.3. The number of hydrogen-bond donors (Lipinski definition) is 1. The molecule has 0 saturated carbocycles. The molecule has 0 unspecified atom stereocenters. The van der Waals surface area contributed by atoms with Crippen LogP contribution < -0.4 is 14.4 Å². The number of aryl methyl sites for hydroxylation is 2. The number of nitrogens with zero attached hydrogens (tertiary/aromatic N) is 1. The van der Waals surface area contributed by atoms with E-state index in [1.165, 1.54) is 11.4 Å². The van der Waals surface area contributed by atoms with Crippen LogP contribution in [0.5, 0.6) is 5.75 Å². The molecule has 0 aliphatic carbocycles. The Balaban J connectivity index is 2.10. The van der Waals surface area contributed by atoms with E-state index in [4.69, 9.17) is 4.74 Å². The molecule has 0 bridgehead atoms. The SMILES string of the molecule is COc1cccc(N(CCC(=O)Nc2ccc(C)cc2C)S(C)(=O)=O)c1.